The highest BCUT2D eigenvalue weighted by atomic mass is 19.4. The molecule has 0 aliphatic carbocycles. The molecule has 0 saturated carbocycles. The zero-order valence-corrected chi connectivity index (χ0v) is 19.7. The number of amides is 3. The Bertz CT molecular complexity index is 1070. The SMILES string of the molecule is CCn1nc(C(=O)N2CCC(c3ccccc3C(F)(F)F)CC2)c2c1CN(C(=O)N(C)C)CC2. The molecule has 3 heterocycles. The number of alkyl halides is 3. The monoisotopic (exact) mass is 477 g/mol. The molecule has 2 aliphatic heterocycles. The zero-order valence-electron chi connectivity index (χ0n) is 19.7. The molecule has 0 unspecified atom stereocenters. The zero-order chi connectivity index (χ0) is 24.6. The second kappa shape index (κ2) is 9.31. The molecule has 3 amide bonds. The molecule has 0 bridgehead atoms. The Hall–Kier alpha value is -3.04. The van der Waals surface area contributed by atoms with Crippen LogP contribution in [-0.4, -0.2) is 70.1 Å². The first-order chi connectivity index (χ1) is 16.1. The average Bonchev–Trinajstić information content (AvgIpc) is 3.20. The third kappa shape index (κ3) is 4.50. The summed E-state index contributed by atoms with van der Waals surface area (Å²) in [5, 5.41) is 4.57. The second-order valence-corrected chi connectivity index (χ2v) is 9.09. The van der Waals surface area contributed by atoms with Crippen LogP contribution < -0.4 is 0 Å². The number of halogens is 3. The standard InChI is InChI=1S/C24H30F3N5O2/c1-4-32-20-15-31(23(34)29(2)3)14-11-18(20)21(28-32)22(33)30-12-9-16(10-13-30)17-7-5-6-8-19(17)24(25,26)27/h5-8,16H,4,9-15H2,1-3H3. The number of nitrogens with zero attached hydrogens (tertiary/aromatic N) is 5. The Morgan fingerprint density at radius 2 is 1.76 bits per heavy atom. The lowest BCUT2D eigenvalue weighted by Gasteiger charge is -2.33. The number of urea groups is 1. The topological polar surface area (TPSA) is 61.7 Å². The summed E-state index contributed by atoms with van der Waals surface area (Å²) in [6.07, 6.45) is -2.90. The normalized spacial score (nSPS) is 17.0. The maximum atomic E-state index is 13.4. The van der Waals surface area contributed by atoms with Gasteiger partial charge in [-0.1, -0.05) is 18.2 Å². The van der Waals surface area contributed by atoms with Gasteiger partial charge in [0, 0.05) is 45.8 Å². The third-order valence-corrected chi connectivity index (χ3v) is 6.78. The number of hydrogen-bond acceptors (Lipinski definition) is 3. The Balaban J connectivity index is 1.49. The molecule has 184 valence electrons. The first-order valence-corrected chi connectivity index (χ1v) is 11.6. The predicted molar refractivity (Wildman–Crippen MR) is 120 cm³/mol. The number of carbonyl (C=O) groups excluding carboxylic acids is 2. The molecule has 1 aromatic carbocycles. The molecule has 0 spiro atoms. The summed E-state index contributed by atoms with van der Waals surface area (Å²) in [5.74, 6) is -0.423. The van der Waals surface area contributed by atoms with Gasteiger partial charge in [0.15, 0.2) is 5.69 Å². The average molecular weight is 478 g/mol. The summed E-state index contributed by atoms with van der Waals surface area (Å²) < 4.78 is 42.1. The van der Waals surface area contributed by atoms with Crippen molar-refractivity contribution in [1.82, 2.24) is 24.5 Å². The first kappa shape index (κ1) is 24.1. The number of fused-ring (bicyclic) bond motifs is 1. The van der Waals surface area contributed by atoms with Gasteiger partial charge in [0.2, 0.25) is 0 Å². The third-order valence-electron chi connectivity index (χ3n) is 6.78. The van der Waals surface area contributed by atoms with E-state index in [2.05, 4.69) is 5.10 Å². The summed E-state index contributed by atoms with van der Waals surface area (Å²) in [7, 11) is 3.42. The number of rotatable bonds is 3. The van der Waals surface area contributed by atoms with E-state index in [9.17, 15) is 22.8 Å². The van der Waals surface area contributed by atoms with Gasteiger partial charge in [-0.3, -0.25) is 9.48 Å². The summed E-state index contributed by atoms with van der Waals surface area (Å²) in [4.78, 5) is 30.8. The van der Waals surface area contributed by atoms with Gasteiger partial charge in [-0.05, 0) is 43.7 Å². The van der Waals surface area contributed by atoms with Gasteiger partial charge in [-0.25, -0.2) is 4.79 Å². The van der Waals surface area contributed by atoms with Crippen molar-refractivity contribution in [3.8, 4) is 0 Å². The molecule has 1 aromatic heterocycles. The van der Waals surface area contributed by atoms with E-state index in [0.717, 1.165) is 17.3 Å². The number of likely N-dealkylation sites (tertiary alicyclic amines) is 1. The number of aromatic nitrogens is 2. The molecular formula is C24H30F3N5O2. The quantitative estimate of drug-likeness (QED) is 0.672. The summed E-state index contributed by atoms with van der Waals surface area (Å²) >= 11 is 0. The maximum Gasteiger partial charge on any atom is 0.416 e. The smallest absolute Gasteiger partial charge is 0.337 e. The van der Waals surface area contributed by atoms with Gasteiger partial charge >= 0.3 is 12.2 Å². The van der Waals surface area contributed by atoms with E-state index >= 15 is 0 Å². The predicted octanol–water partition coefficient (Wildman–Crippen LogP) is 3.98. The van der Waals surface area contributed by atoms with E-state index in [1.165, 1.54) is 11.0 Å². The van der Waals surface area contributed by atoms with Gasteiger partial charge < -0.3 is 14.7 Å². The van der Waals surface area contributed by atoms with Crippen LogP contribution in [-0.2, 0) is 25.7 Å². The number of aryl methyl sites for hydroxylation is 1. The van der Waals surface area contributed by atoms with E-state index < -0.39 is 11.7 Å². The molecule has 34 heavy (non-hydrogen) atoms. The van der Waals surface area contributed by atoms with Crippen molar-refractivity contribution in [2.45, 2.75) is 51.4 Å². The van der Waals surface area contributed by atoms with Gasteiger partial charge in [-0.2, -0.15) is 18.3 Å². The van der Waals surface area contributed by atoms with Gasteiger partial charge in [0.05, 0.1) is 17.8 Å². The molecule has 10 heteroatoms. The van der Waals surface area contributed by atoms with Crippen LogP contribution >= 0.6 is 0 Å². The van der Waals surface area contributed by atoms with Crippen LogP contribution in [0.1, 0.15) is 58.6 Å². The van der Waals surface area contributed by atoms with Crippen molar-refractivity contribution in [3.05, 3.63) is 52.3 Å². The Kier molecular flexibility index (Phi) is 6.60. The lowest BCUT2D eigenvalue weighted by Crippen LogP contribution is -2.43. The van der Waals surface area contributed by atoms with Crippen LogP contribution in [0.5, 0.6) is 0 Å². The minimum Gasteiger partial charge on any atom is -0.337 e. The first-order valence-electron chi connectivity index (χ1n) is 11.6. The molecule has 1 fully saturated rings. The maximum absolute atomic E-state index is 13.4. The van der Waals surface area contributed by atoms with E-state index in [0.29, 0.717) is 63.2 Å². The highest BCUT2D eigenvalue weighted by Gasteiger charge is 2.37. The van der Waals surface area contributed by atoms with Crippen molar-refractivity contribution in [2.24, 2.45) is 0 Å². The summed E-state index contributed by atoms with van der Waals surface area (Å²) in [5.41, 5.74) is 1.87. The van der Waals surface area contributed by atoms with Crippen LogP contribution in [0.15, 0.2) is 24.3 Å². The number of piperidine rings is 1. The number of benzene rings is 1. The molecule has 2 aliphatic rings. The van der Waals surface area contributed by atoms with Gasteiger partial charge in [0.1, 0.15) is 0 Å². The van der Waals surface area contributed by atoms with Gasteiger partial charge in [0.25, 0.3) is 5.91 Å². The molecule has 1 saturated heterocycles. The van der Waals surface area contributed by atoms with E-state index in [1.54, 1.807) is 40.7 Å². The molecule has 7 nitrogen and oxygen atoms in total. The van der Waals surface area contributed by atoms with E-state index in [-0.39, 0.29) is 17.9 Å². The van der Waals surface area contributed by atoms with Crippen LogP contribution in [0.3, 0.4) is 0 Å². The summed E-state index contributed by atoms with van der Waals surface area (Å²) in [6.45, 7) is 4.20. The molecule has 4 rings (SSSR count). The fraction of sp³-hybridized carbons (Fsp3) is 0.542. The van der Waals surface area contributed by atoms with E-state index in [4.69, 9.17) is 0 Å². The summed E-state index contributed by atoms with van der Waals surface area (Å²) in [6, 6.07) is 5.64. The van der Waals surface area contributed by atoms with Crippen molar-refractivity contribution in [2.75, 3.05) is 33.7 Å². The van der Waals surface area contributed by atoms with Crippen LogP contribution in [0.4, 0.5) is 18.0 Å². The molecular weight excluding hydrogens is 447 g/mol. The lowest BCUT2D eigenvalue weighted by molar-refractivity contribution is -0.138. The Labute approximate surface area is 197 Å². The molecule has 0 radical (unpaired) electrons. The second-order valence-electron chi connectivity index (χ2n) is 9.09. The number of hydrogen-bond donors (Lipinski definition) is 0. The number of carbonyl (C=O) groups is 2. The van der Waals surface area contributed by atoms with Crippen LogP contribution in [0, 0.1) is 0 Å². The van der Waals surface area contributed by atoms with Crippen molar-refractivity contribution in [1.29, 1.82) is 0 Å². The van der Waals surface area contributed by atoms with Gasteiger partial charge in [-0.15, -0.1) is 0 Å². The fourth-order valence-corrected chi connectivity index (χ4v) is 5.01. The van der Waals surface area contributed by atoms with E-state index in [1.807, 2.05) is 6.92 Å². The van der Waals surface area contributed by atoms with Crippen molar-refractivity contribution in [3.63, 3.8) is 0 Å². The Morgan fingerprint density at radius 1 is 1.09 bits per heavy atom. The van der Waals surface area contributed by atoms with Crippen LogP contribution in [0.25, 0.3) is 0 Å². The lowest BCUT2D eigenvalue weighted by atomic mass is 9.86. The molecule has 2 aromatic rings. The minimum atomic E-state index is -4.39. The highest BCUT2D eigenvalue weighted by Crippen LogP contribution is 2.39. The molecule has 0 atom stereocenters. The molecule has 0 N–H and O–H groups in total. The van der Waals surface area contributed by atoms with Crippen molar-refractivity contribution >= 4 is 11.9 Å². The van der Waals surface area contributed by atoms with Crippen LogP contribution in [0.2, 0.25) is 0 Å². The van der Waals surface area contributed by atoms with Crippen molar-refractivity contribution < 1.29 is 22.8 Å². The minimum absolute atomic E-state index is 0.0800. The largest absolute Gasteiger partial charge is 0.416 e. The Morgan fingerprint density at radius 3 is 2.38 bits per heavy atom. The highest BCUT2D eigenvalue weighted by molar-refractivity contribution is 5.94. The fourth-order valence-electron chi connectivity index (χ4n) is 5.01.